The first kappa shape index (κ1) is 18.8. The zero-order valence-corrected chi connectivity index (χ0v) is 14.0. The summed E-state index contributed by atoms with van der Waals surface area (Å²) in [6.07, 6.45) is 6.29. The molecule has 5 heteroatoms. The highest BCUT2D eigenvalue weighted by Crippen LogP contribution is 2.26. The van der Waals surface area contributed by atoms with E-state index in [2.05, 4.69) is 5.32 Å². The Balaban J connectivity index is 0.00000242. The summed E-state index contributed by atoms with van der Waals surface area (Å²) in [4.78, 5) is 11.8. The molecule has 1 amide bonds. The first-order valence-electron chi connectivity index (χ1n) is 7.92. The van der Waals surface area contributed by atoms with Crippen molar-refractivity contribution in [1.82, 2.24) is 5.32 Å². The summed E-state index contributed by atoms with van der Waals surface area (Å²) in [5.41, 5.74) is 6.70. The van der Waals surface area contributed by atoms with Crippen LogP contribution in [0.15, 0.2) is 24.3 Å². The maximum absolute atomic E-state index is 11.8. The number of amides is 1. The van der Waals surface area contributed by atoms with Crippen molar-refractivity contribution >= 4 is 18.3 Å². The number of nitrogens with one attached hydrogen (secondary N) is 1. The molecule has 22 heavy (non-hydrogen) atoms. The maximum atomic E-state index is 11.8. The summed E-state index contributed by atoms with van der Waals surface area (Å²) in [6.45, 7) is 2.43. The molecule has 124 valence electrons. The Morgan fingerprint density at radius 1 is 1.36 bits per heavy atom. The van der Waals surface area contributed by atoms with Crippen molar-refractivity contribution in [2.75, 3.05) is 0 Å². The van der Waals surface area contributed by atoms with Crippen molar-refractivity contribution in [2.45, 2.75) is 64.1 Å². The highest BCUT2D eigenvalue weighted by Gasteiger charge is 2.17. The summed E-state index contributed by atoms with van der Waals surface area (Å²) in [5, 5.41) is 2.95. The second kappa shape index (κ2) is 9.70. The molecule has 1 aliphatic carbocycles. The number of carbonyl (C=O) groups is 1. The van der Waals surface area contributed by atoms with E-state index in [1.54, 1.807) is 0 Å². The molecular weight excluding hydrogens is 300 g/mol. The van der Waals surface area contributed by atoms with Crippen LogP contribution in [0, 0.1) is 0 Å². The van der Waals surface area contributed by atoms with E-state index >= 15 is 0 Å². The van der Waals surface area contributed by atoms with Crippen LogP contribution in [0.5, 0.6) is 5.75 Å². The molecule has 1 aliphatic rings. The van der Waals surface area contributed by atoms with Gasteiger partial charge in [-0.3, -0.25) is 4.79 Å². The third-order valence-electron chi connectivity index (χ3n) is 3.87. The highest BCUT2D eigenvalue weighted by molar-refractivity contribution is 5.85. The summed E-state index contributed by atoms with van der Waals surface area (Å²) in [5.74, 6) is 0.944. The highest BCUT2D eigenvalue weighted by atomic mass is 35.5. The summed E-state index contributed by atoms with van der Waals surface area (Å²) in [7, 11) is 0. The standard InChI is InChI=1S/C17H26N2O2.ClH/c1-13(18)10-11-17(20)19-12-14-6-2-5-9-16(14)21-15-7-3-4-8-15;/h2,5-6,9,13,15H,3-4,7-8,10-12,18H2,1H3,(H,19,20);1H. The summed E-state index contributed by atoms with van der Waals surface area (Å²) < 4.78 is 6.07. The molecule has 1 saturated carbocycles. The number of rotatable bonds is 7. The summed E-state index contributed by atoms with van der Waals surface area (Å²) in [6, 6.07) is 8.02. The zero-order chi connectivity index (χ0) is 15.1. The molecule has 1 atom stereocenters. The SMILES string of the molecule is CC(N)CCC(=O)NCc1ccccc1OC1CCCC1.Cl. The van der Waals surface area contributed by atoms with Gasteiger partial charge in [-0.05, 0) is 45.1 Å². The average molecular weight is 327 g/mol. The predicted molar refractivity (Wildman–Crippen MR) is 91.3 cm³/mol. The van der Waals surface area contributed by atoms with Gasteiger partial charge in [0, 0.05) is 24.6 Å². The lowest BCUT2D eigenvalue weighted by molar-refractivity contribution is -0.121. The van der Waals surface area contributed by atoms with Crippen LogP contribution in [-0.2, 0) is 11.3 Å². The van der Waals surface area contributed by atoms with Crippen molar-refractivity contribution in [2.24, 2.45) is 5.73 Å². The molecule has 4 nitrogen and oxygen atoms in total. The van der Waals surface area contributed by atoms with Crippen LogP contribution in [0.3, 0.4) is 0 Å². The molecule has 0 aromatic heterocycles. The van der Waals surface area contributed by atoms with E-state index in [0.717, 1.165) is 24.2 Å². The molecule has 1 aromatic carbocycles. The monoisotopic (exact) mass is 326 g/mol. The Kier molecular flexibility index (Phi) is 8.28. The van der Waals surface area contributed by atoms with E-state index < -0.39 is 0 Å². The lowest BCUT2D eigenvalue weighted by Gasteiger charge is -2.17. The van der Waals surface area contributed by atoms with Crippen LogP contribution < -0.4 is 15.8 Å². The van der Waals surface area contributed by atoms with Crippen molar-refractivity contribution < 1.29 is 9.53 Å². The Morgan fingerprint density at radius 3 is 2.73 bits per heavy atom. The van der Waals surface area contributed by atoms with E-state index in [-0.39, 0.29) is 24.4 Å². The van der Waals surface area contributed by atoms with E-state index in [1.165, 1.54) is 12.8 Å². The molecule has 0 radical (unpaired) electrons. The van der Waals surface area contributed by atoms with Crippen molar-refractivity contribution in [3.05, 3.63) is 29.8 Å². The second-order valence-corrected chi connectivity index (χ2v) is 5.92. The first-order valence-corrected chi connectivity index (χ1v) is 7.92. The molecule has 2 rings (SSSR count). The van der Waals surface area contributed by atoms with Gasteiger partial charge in [-0.2, -0.15) is 0 Å². The lowest BCUT2D eigenvalue weighted by Crippen LogP contribution is -2.25. The molecule has 1 aromatic rings. The van der Waals surface area contributed by atoms with E-state index in [4.69, 9.17) is 10.5 Å². The van der Waals surface area contributed by atoms with Gasteiger partial charge < -0.3 is 15.8 Å². The smallest absolute Gasteiger partial charge is 0.220 e. The van der Waals surface area contributed by atoms with Crippen molar-refractivity contribution in [3.8, 4) is 5.75 Å². The number of hydrogen-bond acceptors (Lipinski definition) is 3. The fourth-order valence-electron chi connectivity index (χ4n) is 2.59. The van der Waals surface area contributed by atoms with Crippen LogP contribution in [-0.4, -0.2) is 18.1 Å². The van der Waals surface area contributed by atoms with Gasteiger partial charge in [0.2, 0.25) is 5.91 Å². The maximum Gasteiger partial charge on any atom is 0.220 e. The number of hydrogen-bond donors (Lipinski definition) is 2. The topological polar surface area (TPSA) is 64.4 Å². The van der Waals surface area contributed by atoms with Crippen LogP contribution in [0.25, 0.3) is 0 Å². The quantitative estimate of drug-likeness (QED) is 0.809. The number of nitrogens with two attached hydrogens (primary N) is 1. The first-order chi connectivity index (χ1) is 10.1. The zero-order valence-electron chi connectivity index (χ0n) is 13.2. The van der Waals surface area contributed by atoms with Crippen molar-refractivity contribution in [3.63, 3.8) is 0 Å². The second-order valence-electron chi connectivity index (χ2n) is 5.92. The average Bonchev–Trinajstić information content (AvgIpc) is 2.97. The summed E-state index contributed by atoms with van der Waals surface area (Å²) >= 11 is 0. The van der Waals surface area contributed by atoms with Crippen LogP contribution in [0.4, 0.5) is 0 Å². The third kappa shape index (κ3) is 6.24. The number of para-hydroxylation sites is 1. The van der Waals surface area contributed by atoms with E-state index in [0.29, 0.717) is 25.5 Å². The molecule has 0 saturated heterocycles. The Bertz CT molecular complexity index is 460. The van der Waals surface area contributed by atoms with Gasteiger partial charge in [0.25, 0.3) is 0 Å². The van der Waals surface area contributed by atoms with Gasteiger partial charge in [0.15, 0.2) is 0 Å². The van der Waals surface area contributed by atoms with Gasteiger partial charge >= 0.3 is 0 Å². The number of ether oxygens (including phenoxy) is 1. The molecule has 0 bridgehead atoms. The van der Waals surface area contributed by atoms with E-state index in [1.807, 2.05) is 31.2 Å². The van der Waals surface area contributed by atoms with Crippen LogP contribution in [0.1, 0.15) is 51.0 Å². The molecule has 0 spiro atoms. The van der Waals surface area contributed by atoms with Crippen LogP contribution in [0.2, 0.25) is 0 Å². The third-order valence-corrected chi connectivity index (χ3v) is 3.87. The Labute approximate surface area is 139 Å². The largest absolute Gasteiger partial charge is 0.490 e. The number of benzene rings is 1. The van der Waals surface area contributed by atoms with Gasteiger partial charge in [0.1, 0.15) is 5.75 Å². The predicted octanol–water partition coefficient (Wildman–Crippen LogP) is 3.17. The van der Waals surface area contributed by atoms with Crippen molar-refractivity contribution in [1.29, 1.82) is 0 Å². The van der Waals surface area contributed by atoms with Gasteiger partial charge in [-0.1, -0.05) is 18.2 Å². The minimum Gasteiger partial charge on any atom is -0.490 e. The molecule has 1 fully saturated rings. The number of halogens is 1. The fourth-order valence-corrected chi connectivity index (χ4v) is 2.59. The van der Waals surface area contributed by atoms with Gasteiger partial charge in [-0.25, -0.2) is 0 Å². The lowest BCUT2D eigenvalue weighted by atomic mass is 10.1. The van der Waals surface area contributed by atoms with Gasteiger partial charge in [0.05, 0.1) is 6.10 Å². The minimum atomic E-state index is 0. The Hall–Kier alpha value is -1.26. The molecular formula is C17H27ClN2O2. The Morgan fingerprint density at radius 2 is 2.05 bits per heavy atom. The fraction of sp³-hybridized carbons (Fsp3) is 0.588. The molecule has 3 N–H and O–H groups in total. The van der Waals surface area contributed by atoms with Crippen LogP contribution >= 0.6 is 12.4 Å². The molecule has 0 aliphatic heterocycles. The number of carbonyl (C=O) groups excluding carboxylic acids is 1. The normalized spacial score (nSPS) is 15.9. The van der Waals surface area contributed by atoms with E-state index in [9.17, 15) is 4.79 Å². The minimum absolute atomic E-state index is 0. The molecule has 0 heterocycles. The van der Waals surface area contributed by atoms with Gasteiger partial charge in [-0.15, -0.1) is 12.4 Å². The molecule has 1 unspecified atom stereocenters.